The second kappa shape index (κ2) is 9.74. The van der Waals surface area contributed by atoms with Crippen LogP contribution < -0.4 is 5.32 Å². The molecule has 0 atom stereocenters. The minimum absolute atomic E-state index is 0.645. The molecule has 38 heavy (non-hydrogen) atoms. The van der Waals surface area contributed by atoms with Crippen LogP contribution in [0, 0.1) is 12.8 Å². The average molecular weight is 521 g/mol. The van der Waals surface area contributed by atoms with Crippen molar-refractivity contribution >= 4 is 33.5 Å². The summed E-state index contributed by atoms with van der Waals surface area (Å²) in [4.78, 5) is 24.7. The number of H-pyrrole nitrogens is 2. The molecule has 6 aromatic rings. The summed E-state index contributed by atoms with van der Waals surface area (Å²) in [5.74, 6) is 1.46. The molecule has 7 rings (SSSR count). The van der Waals surface area contributed by atoms with Crippen LogP contribution in [0.25, 0.3) is 55.4 Å². The highest BCUT2D eigenvalue weighted by atomic mass is 32.1. The molecule has 0 radical (unpaired) electrons. The van der Waals surface area contributed by atoms with Crippen LogP contribution >= 0.6 is 11.3 Å². The van der Waals surface area contributed by atoms with Crippen LogP contribution in [0.5, 0.6) is 0 Å². The monoisotopic (exact) mass is 520 g/mol. The van der Waals surface area contributed by atoms with E-state index in [0.717, 1.165) is 57.9 Å². The summed E-state index contributed by atoms with van der Waals surface area (Å²) in [5, 5.41) is 11.3. The van der Waals surface area contributed by atoms with Gasteiger partial charge >= 0.3 is 0 Å². The van der Waals surface area contributed by atoms with Gasteiger partial charge in [0.25, 0.3) is 0 Å². The number of aromatic amines is 2. The molecule has 9 heteroatoms. The normalized spacial score (nSPS) is 14.2. The average Bonchev–Trinajstić information content (AvgIpc) is 3.74. The largest absolute Gasteiger partial charge is 0.335 e. The Morgan fingerprint density at radius 3 is 2.84 bits per heavy atom. The molecule has 0 unspecified atom stereocenters. The molecule has 6 heterocycles. The molecule has 6 aromatic heterocycles. The first kappa shape index (κ1) is 23.2. The van der Waals surface area contributed by atoms with E-state index >= 15 is 0 Å². The van der Waals surface area contributed by atoms with Crippen molar-refractivity contribution in [3.8, 4) is 33.2 Å². The molecule has 0 aromatic carbocycles. The van der Waals surface area contributed by atoms with Gasteiger partial charge < -0.3 is 10.3 Å². The van der Waals surface area contributed by atoms with Crippen LogP contribution in [0.3, 0.4) is 0 Å². The zero-order chi connectivity index (χ0) is 25.5. The standard InChI is InChI=1S/C29H28N8S/c1-17-6-9-24(38-17)21-10-11-32-28-25(21)34-29(35-28)27-26-23(36-37-27)8-7-22(33-26)20-12-19(15-31-16-20)14-30-13-18-4-2-3-5-18/h6-12,15-16,18,30H,2-5,13-14H2,1H3,(H,36,37)(H,32,34,35). The van der Waals surface area contributed by atoms with Crippen molar-refractivity contribution in [1.29, 1.82) is 0 Å². The first-order chi connectivity index (χ1) is 18.7. The van der Waals surface area contributed by atoms with Crippen molar-refractivity contribution in [3.63, 3.8) is 0 Å². The van der Waals surface area contributed by atoms with Gasteiger partial charge in [0.15, 0.2) is 17.2 Å². The highest BCUT2D eigenvalue weighted by Crippen LogP contribution is 2.34. The number of fused-ring (bicyclic) bond motifs is 2. The molecule has 8 nitrogen and oxygen atoms in total. The fourth-order valence-corrected chi connectivity index (χ4v) is 6.29. The van der Waals surface area contributed by atoms with Crippen LogP contribution in [0.15, 0.2) is 55.0 Å². The molecule has 190 valence electrons. The zero-order valence-electron chi connectivity index (χ0n) is 21.2. The number of hydrogen-bond donors (Lipinski definition) is 3. The van der Waals surface area contributed by atoms with Crippen molar-refractivity contribution in [2.45, 2.75) is 39.2 Å². The second-order valence-corrected chi connectivity index (χ2v) is 11.4. The Morgan fingerprint density at radius 1 is 1.05 bits per heavy atom. The molecule has 0 aliphatic heterocycles. The predicted octanol–water partition coefficient (Wildman–Crippen LogP) is 6.27. The number of aryl methyl sites for hydroxylation is 1. The maximum Gasteiger partial charge on any atom is 0.178 e. The highest BCUT2D eigenvalue weighted by Gasteiger charge is 2.18. The molecule has 1 saturated carbocycles. The number of nitrogens with zero attached hydrogens (tertiary/aromatic N) is 5. The van der Waals surface area contributed by atoms with Gasteiger partial charge in [-0.1, -0.05) is 12.8 Å². The first-order valence-electron chi connectivity index (χ1n) is 13.1. The number of hydrogen-bond acceptors (Lipinski definition) is 7. The summed E-state index contributed by atoms with van der Waals surface area (Å²) in [6, 6.07) is 12.5. The fraction of sp³-hybridized carbons (Fsp3) is 0.276. The van der Waals surface area contributed by atoms with E-state index < -0.39 is 0 Å². The molecule has 1 fully saturated rings. The van der Waals surface area contributed by atoms with E-state index in [1.165, 1.54) is 35.4 Å². The number of pyridine rings is 3. The summed E-state index contributed by atoms with van der Waals surface area (Å²) in [5.41, 5.74) is 7.95. The van der Waals surface area contributed by atoms with Crippen LogP contribution in [-0.4, -0.2) is 41.7 Å². The van der Waals surface area contributed by atoms with E-state index in [1.54, 1.807) is 17.5 Å². The molecule has 0 saturated heterocycles. The molecule has 1 aliphatic rings. The van der Waals surface area contributed by atoms with Crippen molar-refractivity contribution in [2.75, 3.05) is 6.54 Å². The van der Waals surface area contributed by atoms with E-state index in [9.17, 15) is 0 Å². The molecule has 1 aliphatic carbocycles. The molecular weight excluding hydrogens is 492 g/mol. The van der Waals surface area contributed by atoms with Gasteiger partial charge in [-0.15, -0.1) is 11.3 Å². The Labute approximate surface area is 224 Å². The van der Waals surface area contributed by atoms with Crippen molar-refractivity contribution in [3.05, 3.63) is 65.4 Å². The van der Waals surface area contributed by atoms with Crippen LogP contribution in [0.4, 0.5) is 0 Å². The van der Waals surface area contributed by atoms with E-state index in [4.69, 9.17) is 9.97 Å². The third-order valence-corrected chi connectivity index (χ3v) is 8.39. The third-order valence-electron chi connectivity index (χ3n) is 7.36. The highest BCUT2D eigenvalue weighted by molar-refractivity contribution is 7.15. The molecule has 0 spiro atoms. The lowest BCUT2D eigenvalue weighted by atomic mass is 10.1. The van der Waals surface area contributed by atoms with E-state index in [-0.39, 0.29) is 0 Å². The summed E-state index contributed by atoms with van der Waals surface area (Å²) in [6.07, 6.45) is 11.0. The minimum atomic E-state index is 0.645. The lowest BCUT2D eigenvalue weighted by molar-refractivity contribution is 0.489. The maximum atomic E-state index is 4.99. The number of thiophene rings is 1. The van der Waals surface area contributed by atoms with Crippen LogP contribution in [0.1, 0.15) is 36.1 Å². The Morgan fingerprint density at radius 2 is 1.97 bits per heavy atom. The number of nitrogens with one attached hydrogen (secondary N) is 3. The van der Waals surface area contributed by atoms with Gasteiger partial charge in [0.1, 0.15) is 5.52 Å². The SMILES string of the molecule is Cc1ccc(-c2ccnc3nc(-c4n[nH]c5ccc(-c6cncc(CNCC7CCCC7)c6)nc45)[nH]c23)s1. The van der Waals surface area contributed by atoms with Gasteiger partial charge in [-0.2, -0.15) is 5.10 Å². The Bertz CT molecular complexity index is 1740. The Hall–Kier alpha value is -3.95. The van der Waals surface area contributed by atoms with Gasteiger partial charge in [0.05, 0.1) is 16.7 Å². The molecular formula is C29H28N8S. The van der Waals surface area contributed by atoms with E-state index in [1.807, 2.05) is 30.6 Å². The number of imidazole rings is 1. The lowest BCUT2D eigenvalue weighted by Gasteiger charge is -2.11. The number of aromatic nitrogens is 7. The molecule has 0 amide bonds. The summed E-state index contributed by atoms with van der Waals surface area (Å²) in [7, 11) is 0. The third kappa shape index (κ3) is 4.37. The van der Waals surface area contributed by atoms with Gasteiger partial charge in [0, 0.05) is 46.0 Å². The maximum absolute atomic E-state index is 4.99. The second-order valence-electron chi connectivity index (χ2n) is 10.1. The first-order valence-corrected chi connectivity index (χ1v) is 13.9. The van der Waals surface area contributed by atoms with Crippen molar-refractivity contribution < 1.29 is 0 Å². The van der Waals surface area contributed by atoms with Crippen LogP contribution in [-0.2, 0) is 6.54 Å². The predicted molar refractivity (Wildman–Crippen MR) is 152 cm³/mol. The van der Waals surface area contributed by atoms with Gasteiger partial charge in [-0.3, -0.25) is 10.1 Å². The summed E-state index contributed by atoms with van der Waals surface area (Å²) in [6.45, 7) is 4.00. The van der Waals surface area contributed by atoms with Crippen molar-refractivity contribution in [2.24, 2.45) is 5.92 Å². The fourth-order valence-electron chi connectivity index (χ4n) is 5.39. The Kier molecular flexibility index (Phi) is 5.94. The van der Waals surface area contributed by atoms with E-state index in [0.29, 0.717) is 17.2 Å². The van der Waals surface area contributed by atoms with Gasteiger partial charge in [-0.05, 0) is 74.2 Å². The topological polar surface area (TPSA) is 108 Å². The smallest absolute Gasteiger partial charge is 0.178 e. The molecule has 0 bridgehead atoms. The van der Waals surface area contributed by atoms with Gasteiger partial charge in [0.2, 0.25) is 0 Å². The lowest BCUT2D eigenvalue weighted by Crippen LogP contribution is -2.20. The number of rotatable bonds is 7. The summed E-state index contributed by atoms with van der Waals surface area (Å²) >= 11 is 1.76. The quantitative estimate of drug-likeness (QED) is 0.229. The Balaban J connectivity index is 1.20. The van der Waals surface area contributed by atoms with Crippen molar-refractivity contribution in [1.82, 2.24) is 40.4 Å². The van der Waals surface area contributed by atoms with E-state index in [2.05, 4.69) is 55.6 Å². The zero-order valence-corrected chi connectivity index (χ0v) is 22.0. The van der Waals surface area contributed by atoms with Crippen LogP contribution in [0.2, 0.25) is 0 Å². The molecule has 3 N–H and O–H groups in total. The summed E-state index contributed by atoms with van der Waals surface area (Å²) < 4.78 is 0. The minimum Gasteiger partial charge on any atom is -0.335 e. The van der Waals surface area contributed by atoms with Gasteiger partial charge in [-0.25, -0.2) is 15.0 Å².